The molecule has 0 aliphatic carbocycles. The Hall–Kier alpha value is -1.95. The Labute approximate surface area is 181 Å². The smallest absolute Gasteiger partial charge is 0.324 e. The maximum absolute atomic E-state index is 12.1. The van der Waals surface area contributed by atoms with Gasteiger partial charge in [-0.1, -0.05) is 81.4 Å². The van der Waals surface area contributed by atoms with Crippen molar-refractivity contribution in [1.82, 2.24) is 4.90 Å². The van der Waals surface area contributed by atoms with Crippen LogP contribution < -0.4 is 10.4 Å². The minimum absolute atomic E-state index is 0.0663. The third-order valence-corrected chi connectivity index (χ3v) is 12.2. The molecule has 2 fully saturated rings. The Morgan fingerprint density at radius 2 is 1.63 bits per heavy atom. The van der Waals surface area contributed by atoms with Crippen LogP contribution in [-0.2, 0) is 9.22 Å². The number of carboxylic acid groups (broad SMARTS) is 1. The normalized spacial score (nSPS) is 24.7. The molecule has 30 heavy (non-hydrogen) atoms. The van der Waals surface area contributed by atoms with Gasteiger partial charge in [0.25, 0.3) is 8.32 Å². The summed E-state index contributed by atoms with van der Waals surface area (Å²) in [5.74, 6) is -0.659. The molecule has 2 aromatic rings. The van der Waals surface area contributed by atoms with E-state index in [-0.39, 0.29) is 11.1 Å². The molecule has 2 saturated heterocycles. The largest absolute Gasteiger partial charge is 0.480 e. The van der Waals surface area contributed by atoms with Crippen LogP contribution in [0.25, 0.3) is 0 Å². The SMILES string of the molecule is CC(C)(C)[Si](OCC1CCC2(C(=O)O)CCCN12)(c1ccccc1)c1ccccc1. The van der Waals surface area contributed by atoms with Gasteiger partial charge in [0.15, 0.2) is 0 Å². The quantitative estimate of drug-likeness (QED) is 0.721. The average molecular weight is 424 g/mol. The second-order valence-electron chi connectivity index (χ2n) is 9.80. The zero-order valence-electron chi connectivity index (χ0n) is 18.3. The first-order chi connectivity index (χ1) is 14.3. The number of rotatable bonds is 6. The van der Waals surface area contributed by atoms with Crippen LogP contribution in [0, 0.1) is 0 Å². The lowest BCUT2D eigenvalue weighted by atomic mass is 9.94. The highest BCUT2D eigenvalue weighted by molar-refractivity contribution is 6.99. The summed E-state index contributed by atoms with van der Waals surface area (Å²) in [6.45, 7) is 8.30. The van der Waals surface area contributed by atoms with Crippen molar-refractivity contribution in [3.05, 3.63) is 60.7 Å². The van der Waals surface area contributed by atoms with Crippen LogP contribution in [-0.4, -0.2) is 49.0 Å². The first kappa shape index (κ1) is 21.3. The molecular formula is C25H33NO3Si. The van der Waals surface area contributed by atoms with E-state index in [9.17, 15) is 9.90 Å². The number of carbonyl (C=O) groups is 1. The van der Waals surface area contributed by atoms with E-state index in [1.165, 1.54) is 10.4 Å². The van der Waals surface area contributed by atoms with Crippen LogP contribution in [0.1, 0.15) is 46.5 Å². The van der Waals surface area contributed by atoms with Crippen molar-refractivity contribution in [3.8, 4) is 0 Å². The van der Waals surface area contributed by atoms with Crippen LogP contribution in [0.2, 0.25) is 5.04 Å². The summed E-state index contributed by atoms with van der Waals surface area (Å²) < 4.78 is 7.09. The highest BCUT2D eigenvalue weighted by Gasteiger charge is 2.56. The summed E-state index contributed by atoms with van der Waals surface area (Å²) in [7, 11) is -2.59. The van der Waals surface area contributed by atoms with Crippen molar-refractivity contribution in [1.29, 1.82) is 0 Å². The Morgan fingerprint density at radius 3 is 2.13 bits per heavy atom. The van der Waals surface area contributed by atoms with E-state index in [2.05, 4.69) is 86.3 Å². The van der Waals surface area contributed by atoms with Gasteiger partial charge in [0.05, 0.1) is 6.61 Å². The first-order valence-corrected chi connectivity index (χ1v) is 13.0. The number of benzene rings is 2. The molecule has 0 saturated carbocycles. The Balaban J connectivity index is 1.71. The Bertz CT molecular complexity index is 841. The molecule has 4 rings (SSSR count). The zero-order valence-corrected chi connectivity index (χ0v) is 19.3. The van der Waals surface area contributed by atoms with Gasteiger partial charge in [-0.25, -0.2) is 0 Å². The van der Waals surface area contributed by atoms with Crippen molar-refractivity contribution in [3.63, 3.8) is 0 Å². The number of fused-ring (bicyclic) bond motifs is 1. The fraction of sp³-hybridized carbons (Fsp3) is 0.480. The lowest BCUT2D eigenvalue weighted by molar-refractivity contribution is -0.148. The lowest BCUT2D eigenvalue weighted by Crippen LogP contribution is -2.67. The summed E-state index contributed by atoms with van der Waals surface area (Å²) in [5, 5.41) is 12.4. The topological polar surface area (TPSA) is 49.8 Å². The van der Waals surface area contributed by atoms with Gasteiger partial charge in [-0.05, 0) is 47.6 Å². The number of hydrogen-bond donors (Lipinski definition) is 1. The molecule has 2 aliphatic rings. The molecule has 0 amide bonds. The molecule has 2 heterocycles. The molecule has 4 nitrogen and oxygen atoms in total. The highest BCUT2D eigenvalue weighted by atomic mass is 28.4. The Kier molecular flexibility index (Phi) is 5.64. The van der Waals surface area contributed by atoms with E-state index < -0.39 is 19.8 Å². The molecule has 0 bridgehead atoms. The minimum atomic E-state index is -2.59. The molecule has 2 atom stereocenters. The molecule has 1 N–H and O–H groups in total. The summed E-state index contributed by atoms with van der Waals surface area (Å²) in [6, 6.07) is 21.5. The highest BCUT2D eigenvalue weighted by Crippen LogP contribution is 2.44. The predicted octanol–water partition coefficient (Wildman–Crippen LogP) is 3.64. The van der Waals surface area contributed by atoms with E-state index in [1.54, 1.807) is 0 Å². The molecule has 2 aromatic carbocycles. The fourth-order valence-electron chi connectivity index (χ4n) is 5.75. The van der Waals surface area contributed by atoms with Crippen molar-refractivity contribution >= 4 is 24.7 Å². The fourth-order valence-corrected chi connectivity index (χ4v) is 10.4. The third-order valence-electron chi connectivity index (χ3n) is 7.18. The number of carboxylic acids is 1. The second-order valence-corrected chi connectivity index (χ2v) is 14.1. The van der Waals surface area contributed by atoms with E-state index >= 15 is 0 Å². The van der Waals surface area contributed by atoms with E-state index in [0.717, 1.165) is 32.2 Å². The van der Waals surface area contributed by atoms with Gasteiger partial charge in [0, 0.05) is 6.04 Å². The molecule has 0 aromatic heterocycles. The van der Waals surface area contributed by atoms with Gasteiger partial charge in [-0.15, -0.1) is 0 Å². The molecule has 2 aliphatic heterocycles. The lowest BCUT2D eigenvalue weighted by Gasteiger charge is -2.44. The minimum Gasteiger partial charge on any atom is -0.480 e. The monoisotopic (exact) mass is 423 g/mol. The third kappa shape index (κ3) is 3.33. The molecule has 160 valence electrons. The van der Waals surface area contributed by atoms with E-state index in [4.69, 9.17) is 4.43 Å². The Morgan fingerprint density at radius 1 is 1.07 bits per heavy atom. The number of nitrogens with zero attached hydrogens (tertiary/aromatic N) is 1. The van der Waals surface area contributed by atoms with Gasteiger partial charge in [-0.2, -0.15) is 0 Å². The van der Waals surface area contributed by atoms with Crippen LogP contribution in [0.5, 0.6) is 0 Å². The molecule has 0 radical (unpaired) electrons. The van der Waals surface area contributed by atoms with Crippen molar-refractivity contribution in [2.75, 3.05) is 13.2 Å². The van der Waals surface area contributed by atoms with Gasteiger partial charge in [0.2, 0.25) is 0 Å². The summed E-state index contributed by atoms with van der Waals surface area (Å²) >= 11 is 0. The van der Waals surface area contributed by atoms with Crippen LogP contribution in [0.4, 0.5) is 0 Å². The zero-order chi connectivity index (χ0) is 21.4. The number of hydrogen-bond acceptors (Lipinski definition) is 3. The average Bonchev–Trinajstić information content (AvgIpc) is 3.30. The molecule has 2 unspecified atom stereocenters. The maximum Gasteiger partial charge on any atom is 0.324 e. The summed E-state index contributed by atoms with van der Waals surface area (Å²) in [4.78, 5) is 14.3. The first-order valence-electron chi connectivity index (χ1n) is 11.1. The van der Waals surface area contributed by atoms with Crippen molar-refractivity contribution in [2.45, 2.75) is 63.1 Å². The van der Waals surface area contributed by atoms with Crippen molar-refractivity contribution < 1.29 is 14.3 Å². The maximum atomic E-state index is 12.1. The standard InChI is InChI=1S/C25H33NO3Si/c1-24(2,3)30(21-11-6-4-7-12-21,22-13-8-5-9-14-22)29-19-20-15-17-25(23(27)28)16-10-18-26(20)25/h4-9,11-14,20H,10,15-19H2,1-3H3,(H,27,28). The van der Waals surface area contributed by atoms with Crippen LogP contribution >= 0.6 is 0 Å². The predicted molar refractivity (Wildman–Crippen MR) is 123 cm³/mol. The van der Waals surface area contributed by atoms with Gasteiger partial charge in [-0.3, -0.25) is 9.69 Å². The molecule has 0 spiro atoms. The van der Waals surface area contributed by atoms with Crippen LogP contribution in [0.3, 0.4) is 0 Å². The van der Waals surface area contributed by atoms with E-state index in [0.29, 0.717) is 6.61 Å². The van der Waals surface area contributed by atoms with Gasteiger partial charge < -0.3 is 9.53 Å². The summed E-state index contributed by atoms with van der Waals surface area (Å²) in [5.41, 5.74) is -0.667. The molecule has 5 heteroatoms. The van der Waals surface area contributed by atoms with Gasteiger partial charge >= 0.3 is 5.97 Å². The van der Waals surface area contributed by atoms with Crippen LogP contribution in [0.15, 0.2) is 60.7 Å². The summed E-state index contributed by atoms with van der Waals surface area (Å²) in [6.07, 6.45) is 3.35. The van der Waals surface area contributed by atoms with E-state index in [1.807, 2.05) is 0 Å². The van der Waals surface area contributed by atoms with Crippen molar-refractivity contribution in [2.24, 2.45) is 0 Å². The number of aliphatic carboxylic acids is 1. The molecular weight excluding hydrogens is 390 g/mol. The second kappa shape index (κ2) is 7.95. The van der Waals surface area contributed by atoms with Gasteiger partial charge in [0.1, 0.15) is 5.54 Å².